The van der Waals surface area contributed by atoms with Crippen molar-refractivity contribution in [3.63, 3.8) is 0 Å². The molecule has 1 fully saturated rings. The lowest BCUT2D eigenvalue weighted by Gasteiger charge is -2.17. The Kier molecular flexibility index (Phi) is 4.18. The third-order valence-corrected chi connectivity index (χ3v) is 4.41. The van der Waals surface area contributed by atoms with Crippen LogP contribution in [0.4, 0.5) is 0 Å². The maximum atomic E-state index is 12.7. The van der Waals surface area contributed by atoms with E-state index in [0.29, 0.717) is 29.4 Å². The minimum absolute atomic E-state index is 0.111. The lowest BCUT2D eigenvalue weighted by Crippen LogP contribution is -2.31. The average molecular weight is 321 g/mol. The van der Waals surface area contributed by atoms with E-state index in [9.17, 15) is 9.90 Å². The number of nitrogens with zero attached hydrogens (tertiary/aromatic N) is 2. The first-order valence-corrected chi connectivity index (χ1v) is 7.61. The Morgan fingerprint density at radius 1 is 1.50 bits per heavy atom. The quantitative estimate of drug-likeness (QED) is 0.944. The molecule has 1 amide bonds. The van der Waals surface area contributed by atoms with E-state index < -0.39 is 6.10 Å². The van der Waals surface area contributed by atoms with Crippen molar-refractivity contribution in [2.75, 3.05) is 13.1 Å². The maximum Gasteiger partial charge on any atom is 0.276 e. The molecular weight excluding hydrogens is 304 g/mol. The zero-order chi connectivity index (χ0) is 15.7. The van der Waals surface area contributed by atoms with E-state index in [2.05, 4.69) is 4.98 Å². The molecule has 0 bridgehead atoms. The molecule has 1 aromatic heterocycles. The lowest BCUT2D eigenvalue weighted by atomic mass is 10.0. The van der Waals surface area contributed by atoms with Crippen LogP contribution in [0.15, 0.2) is 35.1 Å². The zero-order valence-corrected chi connectivity index (χ0v) is 13.0. The Bertz CT molecular complexity index is 684. The largest absolute Gasteiger partial charge is 0.443 e. The van der Waals surface area contributed by atoms with Crippen LogP contribution in [0.3, 0.4) is 0 Å². The molecular formula is C16H17ClN2O3. The number of aliphatic hydroxyl groups excluding tert-OH is 1. The number of halogens is 1. The second-order valence-electron chi connectivity index (χ2n) is 5.55. The summed E-state index contributed by atoms with van der Waals surface area (Å²) in [6, 6.07) is 7.18. The zero-order valence-electron chi connectivity index (χ0n) is 12.2. The monoisotopic (exact) mass is 320 g/mol. The van der Waals surface area contributed by atoms with E-state index in [1.165, 1.54) is 6.39 Å². The van der Waals surface area contributed by atoms with Gasteiger partial charge < -0.3 is 14.4 Å². The highest BCUT2D eigenvalue weighted by Crippen LogP contribution is 2.31. The predicted octanol–water partition coefficient (Wildman–Crippen LogP) is 2.84. The summed E-state index contributed by atoms with van der Waals surface area (Å²) in [5.74, 6) is 0.308. The summed E-state index contributed by atoms with van der Waals surface area (Å²) in [4.78, 5) is 18.4. The number of oxazole rings is 1. The molecule has 1 saturated heterocycles. The fraction of sp³-hybridized carbons (Fsp3) is 0.375. The van der Waals surface area contributed by atoms with Gasteiger partial charge in [-0.2, -0.15) is 0 Å². The highest BCUT2D eigenvalue weighted by Gasteiger charge is 2.32. The van der Waals surface area contributed by atoms with Crippen molar-refractivity contribution in [1.82, 2.24) is 9.88 Å². The van der Waals surface area contributed by atoms with Crippen molar-refractivity contribution in [2.45, 2.75) is 19.4 Å². The van der Waals surface area contributed by atoms with Crippen LogP contribution in [-0.2, 0) is 0 Å². The first-order chi connectivity index (χ1) is 10.6. The number of benzene rings is 1. The van der Waals surface area contributed by atoms with Gasteiger partial charge in [0.1, 0.15) is 0 Å². The molecule has 116 valence electrons. The number of hydrogen-bond donors (Lipinski definition) is 1. The molecule has 2 atom stereocenters. The second kappa shape index (κ2) is 6.10. The number of likely N-dealkylation sites (tertiary alicyclic amines) is 1. The number of aliphatic hydroxyl groups is 1. The Morgan fingerprint density at radius 3 is 2.95 bits per heavy atom. The molecule has 2 aromatic rings. The summed E-state index contributed by atoms with van der Waals surface area (Å²) in [5.41, 5.74) is 0.913. The summed E-state index contributed by atoms with van der Waals surface area (Å²) >= 11 is 6.17. The third kappa shape index (κ3) is 2.74. The van der Waals surface area contributed by atoms with Crippen LogP contribution in [0, 0.1) is 5.92 Å². The van der Waals surface area contributed by atoms with Gasteiger partial charge in [0.05, 0.1) is 11.1 Å². The molecule has 0 spiro atoms. The molecule has 6 heteroatoms. The molecule has 0 aliphatic carbocycles. The number of amides is 1. The fourth-order valence-corrected chi connectivity index (χ4v) is 2.97. The number of hydrogen-bond acceptors (Lipinski definition) is 4. The Labute approximate surface area is 133 Å². The molecule has 3 rings (SSSR count). The highest BCUT2D eigenvalue weighted by molar-refractivity contribution is 6.33. The van der Waals surface area contributed by atoms with Crippen molar-refractivity contribution < 1.29 is 14.3 Å². The molecule has 1 aliphatic rings. The SMILES string of the molecule is CC(O)C1CCN(C(=O)c2ncoc2-c2ccccc2Cl)C1. The fourth-order valence-electron chi connectivity index (χ4n) is 2.75. The topological polar surface area (TPSA) is 66.6 Å². The van der Waals surface area contributed by atoms with E-state index in [1.54, 1.807) is 24.0 Å². The van der Waals surface area contributed by atoms with E-state index >= 15 is 0 Å². The van der Waals surface area contributed by atoms with Crippen LogP contribution in [0.2, 0.25) is 5.02 Å². The lowest BCUT2D eigenvalue weighted by molar-refractivity contribution is 0.0758. The molecule has 1 aliphatic heterocycles. The summed E-state index contributed by atoms with van der Waals surface area (Å²) in [6.07, 6.45) is 1.63. The smallest absolute Gasteiger partial charge is 0.276 e. The number of rotatable bonds is 3. The van der Waals surface area contributed by atoms with Gasteiger partial charge in [-0.3, -0.25) is 4.79 Å². The van der Waals surface area contributed by atoms with Crippen molar-refractivity contribution in [1.29, 1.82) is 0 Å². The van der Waals surface area contributed by atoms with Gasteiger partial charge in [0.2, 0.25) is 0 Å². The summed E-state index contributed by atoms with van der Waals surface area (Å²) in [6.45, 7) is 2.90. The molecule has 0 radical (unpaired) electrons. The minimum Gasteiger partial charge on any atom is -0.443 e. The van der Waals surface area contributed by atoms with Crippen LogP contribution >= 0.6 is 11.6 Å². The molecule has 1 aromatic carbocycles. The van der Waals surface area contributed by atoms with Crippen LogP contribution in [-0.4, -0.2) is 40.1 Å². The summed E-state index contributed by atoms with van der Waals surface area (Å²) in [5, 5.41) is 10.2. The van der Waals surface area contributed by atoms with Crippen LogP contribution < -0.4 is 0 Å². The Balaban J connectivity index is 1.87. The minimum atomic E-state index is -0.418. The maximum absolute atomic E-state index is 12.7. The van der Waals surface area contributed by atoms with Gasteiger partial charge >= 0.3 is 0 Å². The van der Waals surface area contributed by atoms with Crippen molar-refractivity contribution in [3.8, 4) is 11.3 Å². The van der Waals surface area contributed by atoms with Crippen molar-refractivity contribution in [3.05, 3.63) is 41.4 Å². The van der Waals surface area contributed by atoms with Gasteiger partial charge in [-0.05, 0) is 25.5 Å². The molecule has 2 heterocycles. The summed E-state index contributed by atoms with van der Waals surface area (Å²) < 4.78 is 5.39. The third-order valence-electron chi connectivity index (χ3n) is 4.08. The van der Waals surface area contributed by atoms with Crippen molar-refractivity contribution in [2.24, 2.45) is 5.92 Å². The van der Waals surface area contributed by atoms with E-state index in [1.807, 2.05) is 12.1 Å². The number of carbonyl (C=O) groups is 1. The van der Waals surface area contributed by atoms with E-state index in [4.69, 9.17) is 16.0 Å². The Morgan fingerprint density at radius 2 is 2.27 bits per heavy atom. The van der Waals surface area contributed by atoms with Gasteiger partial charge in [0.25, 0.3) is 5.91 Å². The van der Waals surface area contributed by atoms with Gasteiger partial charge in [-0.25, -0.2) is 4.98 Å². The highest BCUT2D eigenvalue weighted by atomic mass is 35.5. The standard InChI is InChI=1S/C16H17ClN2O3/c1-10(20)11-6-7-19(8-11)16(21)14-15(22-9-18-14)12-4-2-3-5-13(12)17/h2-5,9-11,20H,6-8H2,1H3. The Hall–Kier alpha value is -1.85. The van der Waals surface area contributed by atoms with Crippen LogP contribution in [0.5, 0.6) is 0 Å². The first-order valence-electron chi connectivity index (χ1n) is 7.23. The molecule has 22 heavy (non-hydrogen) atoms. The number of carbonyl (C=O) groups excluding carboxylic acids is 1. The summed E-state index contributed by atoms with van der Waals surface area (Å²) in [7, 11) is 0. The van der Waals surface area contributed by atoms with Gasteiger partial charge in [0, 0.05) is 24.6 Å². The normalized spacial score (nSPS) is 19.4. The van der Waals surface area contributed by atoms with Gasteiger partial charge in [-0.1, -0.05) is 23.7 Å². The van der Waals surface area contributed by atoms with Crippen LogP contribution in [0.1, 0.15) is 23.8 Å². The van der Waals surface area contributed by atoms with E-state index in [0.717, 1.165) is 6.42 Å². The molecule has 1 N–H and O–H groups in total. The van der Waals surface area contributed by atoms with Crippen LogP contribution in [0.25, 0.3) is 11.3 Å². The molecule has 5 nitrogen and oxygen atoms in total. The second-order valence-corrected chi connectivity index (χ2v) is 5.96. The van der Waals surface area contributed by atoms with Gasteiger partial charge in [-0.15, -0.1) is 0 Å². The molecule has 2 unspecified atom stereocenters. The van der Waals surface area contributed by atoms with E-state index in [-0.39, 0.29) is 17.5 Å². The predicted molar refractivity (Wildman–Crippen MR) is 82.6 cm³/mol. The van der Waals surface area contributed by atoms with Gasteiger partial charge in [0.15, 0.2) is 17.8 Å². The first kappa shape index (κ1) is 15.1. The number of aromatic nitrogens is 1. The van der Waals surface area contributed by atoms with Crippen molar-refractivity contribution >= 4 is 17.5 Å². The average Bonchev–Trinajstić information content (AvgIpc) is 3.16. The molecule has 0 saturated carbocycles.